The lowest BCUT2D eigenvalue weighted by Gasteiger charge is -2.14. The predicted molar refractivity (Wildman–Crippen MR) is 135 cm³/mol. The molecular formula is C27H40N2O5. The number of likely N-dealkylation sites (N-methyl/N-ethyl adjacent to an activating group) is 2. The molecule has 188 valence electrons. The SMILES string of the molecule is CN(C)CCc1ccc(O)cc1.CNCCc1ccc(OC(=O)C(C)C)c(OC(=O)C(C)C)c1. The highest BCUT2D eigenvalue weighted by atomic mass is 16.6. The summed E-state index contributed by atoms with van der Waals surface area (Å²) >= 11 is 0. The van der Waals surface area contributed by atoms with E-state index < -0.39 is 0 Å². The van der Waals surface area contributed by atoms with Crippen molar-refractivity contribution >= 4 is 11.9 Å². The van der Waals surface area contributed by atoms with Crippen LogP contribution in [-0.4, -0.2) is 56.2 Å². The van der Waals surface area contributed by atoms with Crippen LogP contribution < -0.4 is 14.8 Å². The summed E-state index contributed by atoms with van der Waals surface area (Å²) < 4.78 is 10.7. The zero-order valence-electron chi connectivity index (χ0n) is 21.6. The summed E-state index contributed by atoms with van der Waals surface area (Å²) in [4.78, 5) is 25.7. The Kier molecular flexibility index (Phi) is 12.9. The van der Waals surface area contributed by atoms with E-state index in [0.29, 0.717) is 11.5 Å². The quantitative estimate of drug-likeness (QED) is 0.398. The number of rotatable bonds is 10. The van der Waals surface area contributed by atoms with Crippen LogP contribution in [0.3, 0.4) is 0 Å². The first-order valence-electron chi connectivity index (χ1n) is 11.7. The van der Waals surface area contributed by atoms with Crippen LogP contribution in [0.4, 0.5) is 0 Å². The molecule has 0 unspecified atom stereocenters. The van der Waals surface area contributed by atoms with E-state index in [1.54, 1.807) is 52.0 Å². The van der Waals surface area contributed by atoms with Crippen molar-refractivity contribution in [3.63, 3.8) is 0 Å². The summed E-state index contributed by atoms with van der Waals surface area (Å²) in [5.74, 6) is -0.310. The van der Waals surface area contributed by atoms with Crippen molar-refractivity contribution in [2.24, 2.45) is 11.8 Å². The van der Waals surface area contributed by atoms with Gasteiger partial charge in [-0.1, -0.05) is 45.9 Å². The smallest absolute Gasteiger partial charge is 0.313 e. The average molecular weight is 473 g/mol. The van der Waals surface area contributed by atoms with Crippen LogP contribution in [0.25, 0.3) is 0 Å². The third kappa shape index (κ3) is 11.3. The first kappa shape index (κ1) is 29.1. The van der Waals surface area contributed by atoms with Gasteiger partial charge >= 0.3 is 11.9 Å². The van der Waals surface area contributed by atoms with Crippen LogP contribution in [0.1, 0.15) is 38.8 Å². The van der Waals surface area contributed by atoms with E-state index in [1.165, 1.54) is 5.56 Å². The van der Waals surface area contributed by atoms with Crippen LogP contribution >= 0.6 is 0 Å². The van der Waals surface area contributed by atoms with E-state index in [2.05, 4.69) is 24.3 Å². The van der Waals surface area contributed by atoms with Gasteiger partial charge in [0.05, 0.1) is 11.8 Å². The molecule has 0 bridgehead atoms. The van der Waals surface area contributed by atoms with Gasteiger partial charge in [-0.05, 0) is 75.9 Å². The molecule has 0 aliphatic heterocycles. The molecule has 7 nitrogen and oxygen atoms in total. The highest BCUT2D eigenvalue weighted by Crippen LogP contribution is 2.30. The number of phenolic OH excluding ortho intramolecular Hbond substituents is 1. The number of nitrogens with one attached hydrogen (secondary N) is 1. The maximum atomic E-state index is 11.8. The number of nitrogens with zero attached hydrogens (tertiary/aromatic N) is 1. The van der Waals surface area contributed by atoms with Crippen LogP contribution in [0, 0.1) is 11.8 Å². The maximum Gasteiger partial charge on any atom is 0.313 e. The van der Waals surface area contributed by atoms with Gasteiger partial charge in [0.25, 0.3) is 0 Å². The van der Waals surface area contributed by atoms with E-state index in [4.69, 9.17) is 14.6 Å². The van der Waals surface area contributed by atoms with Crippen LogP contribution in [-0.2, 0) is 22.4 Å². The van der Waals surface area contributed by atoms with Crippen molar-refractivity contribution in [2.75, 3.05) is 34.2 Å². The molecule has 0 amide bonds. The molecule has 2 aromatic rings. The zero-order valence-corrected chi connectivity index (χ0v) is 21.6. The van der Waals surface area contributed by atoms with Crippen molar-refractivity contribution in [2.45, 2.75) is 40.5 Å². The van der Waals surface area contributed by atoms with Crippen molar-refractivity contribution in [3.8, 4) is 17.2 Å². The summed E-state index contributed by atoms with van der Waals surface area (Å²) in [6, 6.07) is 12.7. The van der Waals surface area contributed by atoms with Gasteiger partial charge in [0.1, 0.15) is 5.75 Å². The fourth-order valence-corrected chi connectivity index (χ4v) is 2.61. The van der Waals surface area contributed by atoms with Gasteiger partial charge in [0.2, 0.25) is 0 Å². The molecular weight excluding hydrogens is 432 g/mol. The van der Waals surface area contributed by atoms with Gasteiger partial charge in [-0.2, -0.15) is 0 Å². The predicted octanol–water partition coefficient (Wildman–Crippen LogP) is 4.07. The lowest BCUT2D eigenvalue weighted by molar-refractivity contribution is -0.140. The number of benzene rings is 2. The Morgan fingerprint density at radius 2 is 1.38 bits per heavy atom. The second-order valence-corrected chi connectivity index (χ2v) is 9.01. The van der Waals surface area contributed by atoms with Gasteiger partial charge in [-0.3, -0.25) is 9.59 Å². The molecule has 7 heteroatoms. The number of aromatic hydroxyl groups is 1. The zero-order chi connectivity index (χ0) is 25.7. The van der Waals surface area contributed by atoms with E-state index >= 15 is 0 Å². The lowest BCUT2D eigenvalue weighted by Crippen LogP contribution is -2.18. The fraction of sp³-hybridized carbons (Fsp3) is 0.481. The van der Waals surface area contributed by atoms with Gasteiger partial charge in [0.15, 0.2) is 11.5 Å². The average Bonchev–Trinajstić information content (AvgIpc) is 2.78. The molecule has 0 spiro atoms. The minimum Gasteiger partial charge on any atom is -0.508 e. The third-order valence-electron chi connectivity index (χ3n) is 4.82. The highest BCUT2D eigenvalue weighted by molar-refractivity contribution is 5.78. The number of phenols is 1. The second kappa shape index (κ2) is 15.1. The molecule has 2 aromatic carbocycles. The molecule has 0 saturated heterocycles. The summed E-state index contributed by atoms with van der Waals surface area (Å²) in [5.41, 5.74) is 2.27. The minimum atomic E-state index is -0.357. The molecule has 0 radical (unpaired) electrons. The lowest BCUT2D eigenvalue weighted by atomic mass is 10.1. The number of esters is 2. The van der Waals surface area contributed by atoms with Crippen LogP contribution in [0.2, 0.25) is 0 Å². The number of carbonyl (C=O) groups is 2. The molecule has 0 saturated carbocycles. The molecule has 0 aliphatic rings. The first-order valence-corrected chi connectivity index (χ1v) is 11.7. The molecule has 0 aliphatic carbocycles. The largest absolute Gasteiger partial charge is 0.508 e. The number of ether oxygens (including phenoxy) is 2. The van der Waals surface area contributed by atoms with Crippen LogP contribution in [0.15, 0.2) is 42.5 Å². The summed E-state index contributed by atoms with van der Waals surface area (Å²) in [6.45, 7) is 8.88. The maximum absolute atomic E-state index is 11.8. The van der Waals surface area contributed by atoms with Crippen molar-refractivity contribution in [1.29, 1.82) is 0 Å². The van der Waals surface area contributed by atoms with E-state index in [0.717, 1.165) is 31.5 Å². The van der Waals surface area contributed by atoms with E-state index in [9.17, 15) is 9.59 Å². The Labute approximate surface area is 204 Å². The van der Waals surface area contributed by atoms with Crippen molar-refractivity contribution < 1.29 is 24.2 Å². The molecule has 0 fully saturated rings. The van der Waals surface area contributed by atoms with Crippen molar-refractivity contribution in [3.05, 3.63) is 53.6 Å². The molecule has 0 atom stereocenters. The van der Waals surface area contributed by atoms with Crippen LogP contribution in [0.5, 0.6) is 17.2 Å². The van der Waals surface area contributed by atoms with Gasteiger partial charge in [-0.25, -0.2) is 0 Å². The summed E-state index contributed by atoms with van der Waals surface area (Å²) in [7, 11) is 5.99. The Balaban J connectivity index is 0.000000404. The molecule has 2 rings (SSSR count). The Bertz CT molecular complexity index is 892. The molecule has 0 heterocycles. The van der Waals surface area contributed by atoms with Gasteiger partial charge in [0, 0.05) is 6.54 Å². The Morgan fingerprint density at radius 1 is 0.853 bits per heavy atom. The Morgan fingerprint density at radius 3 is 1.88 bits per heavy atom. The fourth-order valence-electron chi connectivity index (χ4n) is 2.61. The highest BCUT2D eigenvalue weighted by Gasteiger charge is 2.18. The van der Waals surface area contributed by atoms with E-state index in [1.807, 2.05) is 25.2 Å². The summed E-state index contributed by atoms with van der Waals surface area (Å²) in [5, 5.41) is 12.1. The number of hydrogen-bond donors (Lipinski definition) is 2. The normalized spacial score (nSPS) is 10.8. The topological polar surface area (TPSA) is 88.1 Å². The van der Waals surface area contributed by atoms with E-state index in [-0.39, 0.29) is 29.5 Å². The Hall–Kier alpha value is -2.90. The summed E-state index contributed by atoms with van der Waals surface area (Å²) in [6.07, 6.45) is 1.83. The molecule has 2 N–H and O–H groups in total. The van der Waals surface area contributed by atoms with Gasteiger partial charge in [-0.15, -0.1) is 0 Å². The van der Waals surface area contributed by atoms with Crippen molar-refractivity contribution in [1.82, 2.24) is 10.2 Å². The second-order valence-electron chi connectivity index (χ2n) is 9.01. The monoisotopic (exact) mass is 472 g/mol. The minimum absolute atomic E-state index is 0.252. The van der Waals surface area contributed by atoms with Gasteiger partial charge < -0.3 is 24.8 Å². The number of hydrogen-bond acceptors (Lipinski definition) is 7. The number of carbonyl (C=O) groups excluding carboxylic acids is 2. The molecule has 0 aromatic heterocycles. The first-order chi connectivity index (χ1) is 16.0. The third-order valence-corrected chi connectivity index (χ3v) is 4.82. The molecule has 34 heavy (non-hydrogen) atoms. The standard InChI is InChI=1S/C17H25NO4.C10H15NO/c1-11(2)16(19)21-14-7-6-13(8-9-18-5)10-15(14)22-17(20)12(3)4;1-11(2)8-7-9-3-5-10(12)6-4-9/h6-7,10-12,18H,8-9H2,1-5H3;3-6,12H,7-8H2,1-2H3.